The third-order valence-corrected chi connectivity index (χ3v) is 4.32. The van der Waals surface area contributed by atoms with Crippen molar-refractivity contribution in [2.45, 2.75) is 13.8 Å². The van der Waals surface area contributed by atoms with Gasteiger partial charge < -0.3 is 9.84 Å². The lowest BCUT2D eigenvalue weighted by molar-refractivity contribution is 0.0959. The minimum Gasteiger partial charge on any atom is -0.360 e. The van der Waals surface area contributed by atoms with Gasteiger partial charge in [0.1, 0.15) is 27.2 Å². The van der Waals surface area contributed by atoms with Crippen molar-refractivity contribution in [1.82, 2.24) is 20.4 Å². The lowest BCUT2D eigenvalue weighted by atomic mass is 10.1. The highest BCUT2D eigenvalue weighted by Gasteiger charge is 2.14. The molecule has 0 aliphatic carbocycles. The van der Waals surface area contributed by atoms with Gasteiger partial charge in [0.05, 0.1) is 18.1 Å². The van der Waals surface area contributed by atoms with Crippen LogP contribution in [0.15, 0.2) is 29.0 Å². The molecule has 1 amide bonds. The van der Waals surface area contributed by atoms with Crippen molar-refractivity contribution in [1.29, 1.82) is 0 Å². The molecule has 0 radical (unpaired) electrons. The van der Waals surface area contributed by atoms with Crippen LogP contribution in [-0.4, -0.2) is 27.6 Å². The first-order valence-electron chi connectivity index (χ1n) is 7.58. The van der Waals surface area contributed by atoms with E-state index in [4.69, 9.17) is 4.52 Å². The van der Waals surface area contributed by atoms with Gasteiger partial charge in [-0.15, -0.1) is 11.3 Å². The summed E-state index contributed by atoms with van der Waals surface area (Å²) in [5, 5.41) is 7.41. The fraction of sp³-hybridized carbons (Fsp3) is 0.176. The monoisotopic (exact) mass is 358 g/mol. The molecule has 8 heteroatoms. The number of carbonyl (C=O) groups is 1. The standard InChI is InChI=1S/C17H15FN4O2S/c1-3-19-17(23)14-9-21-15(25-14)7-5-12-10(2)24-22-16(12)13-6-4-11(18)8-20-13/h4-9H,3H2,1-2H3,(H,19,23). The quantitative estimate of drug-likeness (QED) is 0.754. The highest BCUT2D eigenvalue weighted by molar-refractivity contribution is 7.14. The van der Waals surface area contributed by atoms with Gasteiger partial charge >= 0.3 is 0 Å². The topological polar surface area (TPSA) is 80.9 Å². The third-order valence-electron chi connectivity index (χ3n) is 3.36. The first kappa shape index (κ1) is 17.0. The Morgan fingerprint density at radius 2 is 2.16 bits per heavy atom. The Balaban J connectivity index is 1.86. The molecule has 3 aromatic rings. The zero-order chi connectivity index (χ0) is 17.8. The van der Waals surface area contributed by atoms with Crippen LogP contribution in [0.1, 0.15) is 32.9 Å². The number of pyridine rings is 1. The first-order chi connectivity index (χ1) is 12.1. The average molecular weight is 358 g/mol. The van der Waals surface area contributed by atoms with Crippen LogP contribution < -0.4 is 5.32 Å². The summed E-state index contributed by atoms with van der Waals surface area (Å²) in [7, 11) is 0. The average Bonchev–Trinajstić information content (AvgIpc) is 3.21. The minimum atomic E-state index is -0.415. The lowest BCUT2D eigenvalue weighted by Gasteiger charge is -1.97. The summed E-state index contributed by atoms with van der Waals surface area (Å²) in [4.78, 5) is 20.6. The number of aromatic nitrogens is 3. The Hall–Kier alpha value is -2.87. The van der Waals surface area contributed by atoms with E-state index in [1.54, 1.807) is 25.1 Å². The number of amides is 1. The Kier molecular flexibility index (Phi) is 4.99. The van der Waals surface area contributed by atoms with Gasteiger partial charge in [0.25, 0.3) is 5.91 Å². The predicted octanol–water partition coefficient (Wildman–Crippen LogP) is 3.56. The van der Waals surface area contributed by atoms with Crippen molar-refractivity contribution in [2.75, 3.05) is 6.54 Å². The molecule has 25 heavy (non-hydrogen) atoms. The number of nitrogens with one attached hydrogen (secondary N) is 1. The maximum absolute atomic E-state index is 13.0. The Morgan fingerprint density at radius 3 is 2.88 bits per heavy atom. The molecule has 0 aromatic carbocycles. The van der Waals surface area contributed by atoms with Crippen molar-refractivity contribution in [3.8, 4) is 11.4 Å². The van der Waals surface area contributed by atoms with Crippen LogP contribution in [0.25, 0.3) is 23.5 Å². The van der Waals surface area contributed by atoms with E-state index in [0.717, 1.165) is 11.8 Å². The zero-order valence-corrected chi connectivity index (χ0v) is 14.4. The van der Waals surface area contributed by atoms with Crippen molar-refractivity contribution in [2.24, 2.45) is 0 Å². The fourth-order valence-corrected chi connectivity index (χ4v) is 2.89. The second-order valence-electron chi connectivity index (χ2n) is 5.12. The molecule has 0 aliphatic heterocycles. The molecule has 0 saturated carbocycles. The summed E-state index contributed by atoms with van der Waals surface area (Å²) in [5.74, 6) is 0.0524. The maximum atomic E-state index is 13.0. The largest absolute Gasteiger partial charge is 0.360 e. The highest BCUT2D eigenvalue weighted by Crippen LogP contribution is 2.26. The van der Waals surface area contributed by atoms with Crippen LogP contribution in [0, 0.1) is 12.7 Å². The van der Waals surface area contributed by atoms with Gasteiger partial charge in [-0.3, -0.25) is 9.78 Å². The molecule has 6 nitrogen and oxygen atoms in total. The number of hydrogen-bond donors (Lipinski definition) is 1. The van der Waals surface area contributed by atoms with Crippen molar-refractivity contribution in [3.05, 3.63) is 51.6 Å². The number of halogens is 1. The lowest BCUT2D eigenvalue weighted by Crippen LogP contribution is -2.21. The number of thiazole rings is 1. The molecule has 0 fully saturated rings. The van der Waals surface area contributed by atoms with Crippen LogP contribution in [0.2, 0.25) is 0 Å². The van der Waals surface area contributed by atoms with Gasteiger partial charge in [0.2, 0.25) is 0 Å². The van der Waals surface area contributed by atoms with Crippen molar-refractivity contribution in [3.63, 3.8) is 0 Å². The third kappa shape index (κ3) is 3.80. The molecule has 3 aromatic heterocycles. The Morgan fingerprint density at radius 1 is 1.32 bits per heavy atom. The Bertz CT molecular complexity index is 915. The molecule has 0 unspecified atom stereocenters. The second kappa shape index (κ2) is 7.35. The summed E-state index contributed by atoms with van der Waals surface area (Å²) in [6, 6.07) is 2.86. The van der Waals surface area contributed by atoms with Gasteiger partial charge in [0, 0.05) is 12.1 Å². The smallest absolute Gasteiger partial charge is 0.263 e. The minimum absolute atomic E-state index is 0.142. The predicted molar refractivity (Wildman–Crippen MR) is 93.5 cm³/mol. The zero-order valence-electron chi connectivity index (χ0n) is 13.6. The number of aryl methyl sites for hydroxylation is 1. The molecular formula is C17H15FN4O2S. The van der Waals surface area contributed by atoms with E-state index in [1.165, 1.54) is 23.6 Å². The number of nitrogens with zero attached hydrogens (tertiary/aromatic N) is 3. The molecule has 3 rings (SSSR count). The van der Waals surface area contributed by atoms with E-state index < -0.39 is 5.82 Å². The van der Waals surface area contributed by atoms with E-state index in [-0.39, 0.29) is 5.91 Å². The van der Waals surface area contributed by atoms with E-state index >= 15 is 0 Å². The van der Waals surface area contributed by atoms with E-state index in [2.05, 4.69) is 20.4 Å². The van der Waals surface area contributed by atoms with Gasteiger partial charge in [-0.1, -0.05) is 5.16 Å². The van der Waals surface area contributed by atoms with E-state index in [0.29, 0.717) is 33.6 Å². The van der Waals surface area contributed by atoms with Crippen molar-refractivity contribution < 1.29 is 13.7 Å². The van der Waals surface area contributed by atoms with Crippen molar-refractivity contribution >= 4 is 29.4 Å². The van der Waals surface area contributed by atoms with Crippen LogP contribution in [0.4, 0.5) is 4.39 Å². The van der Waals surface area contributed by atoms with Gasteiger partial charge in [-0.05, 0) is 38.1 Å². The number of rotatable bonds is 5. The maximum Gasteiger partial charge on any atom is 0.263 e. The molecule has 0 atom stereocenters. The van der Waals surface area contributed by atoms with Crippen LogP contribution in [0.3, 0.4) is 0 Å². The highest BCUT2D eigenvalue weighted by atomic mass is 32.1. The van der Waals surface area contributed by atoms with Gasteiger partial charge in [-0.2, -0.15) is 0 Å². The normalized spacial score (nSPS) is 11.2. The van der Waals surface area contributed by atoms with Crippen LogP contribution in [-0.2, 0) is 0 Å². The van der Waals surface area contributed by atoms with E-state index in [9.17, 15) is 9.18 Å². The summed E-state index contributed by atoms with van der Waals surface area (Å²) in [6.45, 7) is 4.21. The van der Waals surface area contributed by atoms with Gasteiger partial charge in [-0.25, -0.2) is 9.37 Å². The summed E-state index contributed by atoms with van der Waals surface area (Å²) >= 11 is 1.29. The molecule has 0 aliphatic rings. The second-order valence-corrected chi connectivity index (χ2v) is 6.18. The molecule has 1 N–H and O–H groups in total. The molecule has 0 saturated heterocycles. The SMILES string of the molecule is CCNC(=O)c1cnc(C=Cc2c(-c3ccc(F)cn3)noc2C)s1. The fourth-order valence-electron chi connectivity index (χ4n) is 2.15. The van der Waals surface area contributed by atoms with Gasteiger partial charge in [0.15, 0.2) is 0 Å². The molecule has 0 bridgehead atoms. The van der Waals surface area contributed by atoms with Crippen LogP contribution in [0.5, 0.6) is 0 Å². The summed E-state index contributed by atoms with van der Waals surface area (Å²) in [5.41, 5.74) is 1.77. The molecular weight excluding hydrogens is 343 g/mol. The summed E-state index contributed by atoms with van der Waals surface area (Å²) in [6.07, 6.45) is 6.25. The van der Waals surface area contributed by atoms with E-state index in [1.807, 2.05) is 6.92 Å². The Labute approximate surface area is 147 Å². The van der Waals surface area contributed by atoms with Crippen LogP contribution >= 0.6 is 11.3 Å². The number of carbonyl (C=O) groups excluding carboxylic acids is 1. The molecule has 0 spiro atoms. The first-order valence-corrected chi connectivity index (χ1v) is 8.40. The molecule has 128 valence electrons. The number of hydrogen-bond acceptors (Lipinski definition) is 6. The molecule has 3 heterocycles. The summed E-state index contributed by atoms with van der Waals surface area (Å²) < 4.78 is 18.3.